The van der Waals surface area contributed by atoms with Gasteiger partial charge in [-0.05, 0) is 60.4 Å². The fourth-order valence-electron chi connectivity index (χ4n) is 4.60. The maximum absolute atomic E-state index is 13.8. The first-order chi connectivity index (χ1) is 20.1. The second kappa shape index (κ2) is 15.9. The summed E-state index contributed by atoms with van der Waals surface area (Å²) in [5, 5.41) is 2.97. The number of anilines is 1. The summed E-state index contributed by atoms with van der Waals surface area (Å²) < 4.78 is 45.3. The van der Waals surface area contributed by atoms with E-state index < -0.39 is 21.9 Å². The van der Waals surface area contributed by atoms with E-state index in [2.05, 4.69) is 5.32 Å². The van der Waals surface area contributed by atoms with Crippen LogP contribution in [0.25, 0.3) is 0 Å². The van der Waals surface area contributed by atoms with Gasteiger partial charge in [-0.25, -0.2) is 12.8 Å². The molecule has 42 heavy (non-hydrogen) atoms. The lowest BCUT2D eigenvalue weighted by molar-refractivity contribution is -0.141. The van der Waals surface area contributed by atoms with Crippen LogP contribution in [0.15, 0.2) is 78.9 Å². The van der Waals surface area contributed by atoms with E-state index in [-0.39, 0.29) is 37.7 Å². The molecule has 3 aromatic carbocycles. The zero-order valence-electron chi connectivity index (χ0n) is 24.5. The highest BCUT2D eigenvalue weighted by atomic mass is 32.2. The number of carbonyl (C=O) groups is 2. The first-order valence-electron chi connectivity index (χ1n) is 14.1. The van der Waals surface area contributed by atoms with Gasteiger partial charge in [0, 0.05) is 32.5 Å². The highest BCUT2D eigenvalue weighted by Gasteiger charge is 2.30. The average molecular weight is 598 g/mol. The maximum atomic E-state index is 13.8. The summed E-state index contributed by atoms with van der Waals surface area (Å²) >= 11 is 0. The molecule has 0 saturated heterocycles. The lowest BCUT2D eigenvalue weighted by Crippen LogP contribution is -2.50. The molecule has 3 rings (SSSR count). The summed E-state index contributed by atoms with van der Waals surface area (Å²) in [6.07, 6.45) is 3.38. The number of amides is 2. The van der Waals surface area contributed by atoms with E-state index in [1.165, 1.54) is 28.4 Å². The molecule has 0 unspecified atom stereocenters. The second-order valence-electron chi connectivity index (χ2n) is 10.1. The van der Waals surface area contributed by atoms with Gasteiger partial charge in [-0.2, -0.15) is 0 Å². The third-order valence-electron chi connectivity index (χ3n) is 6.88. The van der Waals surface area contributed by atoms with E-state index >= 15 is 0 Å². The SMILES string of the molecule is CCCCNC(=O)[C@@H](Cc1ccccc1)N(Cc1ccc(F)cc1)C(=O)CCCN(c1ccc(OC)cc1)S(C)(=O)=O. The minimum Gasteiger partial charge on any atom is -0.497 e. The number of hydrogen-bond donors (Lipinski definition) is 1. The first kappa shape index (κ1) is 32.6. The third kappa shape index (κ3) is 9.87. The van der Waals surface area contributed by atoms with Gasteiger partial charge in [0.25, 0.3) is 0 Å². The Hall–Kier alpha value is -3.92. The van der Waals surface area contributed by atoms with Crippen molar-refractivity contribution in [1.29, 1.82) is 0 Å². The predicted molar refractivity (Wildman–Crippen MR) is 163 cm³/mol. The van der Waals surface area contributed by atoms with Crippen LogP contribution in [0.5, 0.6) is 5.75 Å². The Morgan fingerprint density at radius 2 is 1.60 bits per heavy atom. The highest BCUT2D eigenvalue weighted by molar-refractivity contribution is 7.92. The molecular weight excluding hydrogens is 557 g/mol. The van der Waals surface area contributed by atoms with Gasteiger partial charge in [0.05, 0.1) is 19.1 Å². The lowest BCUT2D eigenvalue weighted by atomic mass is 10.0. The smallest absolute Gasteiger partial charge is 0.243 e. The summed E-state index contributed by atoms with van der Waals surface area (Å²) in [4.78, 5) is 28.8. The number of rotatable bonds is 16. The zero-order valence-corrected chi connectivity index (χ0v) is 25.3. The van der Waals surface area contributed by atoms with Crippen LogP contribution in [-0.2, 0) is 32.6 Å². The van der Waals surface area contributed by atoms with Crippen LogP contribution < -0.4 is 14.4 Å². The van der Waals surface area contributed by atoms with Crippen molar-refractivity contribution in [3.05, 3.63) is 95.8 Å². The van der Waals surface area contributed by atoms with Crippen LogP contribution in [-0.4, -0.2) is 57.6 Å². The minimum atomic E-state index is -3.62. The number of halogens is 1. The van der Waals surface area contributed by atoms with Crippen molar-refractivity contribution >= 4 is 27.5 Å². The van der Waals surface area contributed by atoms with Gasteiger partial charge in [0.2, 0.25) is 21.8 Å². The minimum absolute atomic E-state index is 0.0108. The van der Waals surface area contributed by atoms with Crippen molar-refractivity contribution < 1.29 is 27.1 Å². The van der Waals surface area contributed by atoms with E-state index in [0.29, 0.717) is 30.0 Å². The molecule has 0 aliphatic rings. The Morgan fingerprint density at radius 3 is 2.19 bits per heavy atom. The van der Waals surface area contributed by atoms with Crippen LogP contribution in [0.3, 0.4) is 0 Å². The zero-order chi connectivity index (χ0) is 30.5. The molecule has 10 heteroatoms. The van der Waals surface area contributed by atoms with Crippen LogP contribution >= 0.6 is 0 Å². The van der Waals surface area contributed by atoms with Gasteiger partial charge >= 0.3 is 0 Å². The summed E-state index contributed by atoms with van der Waals surface area (Å²) in [7, 11) is -2.09. The van der Waals surface area contributed by atoms with Gasteiger partial charge in [-0.1, -0.05) is 55.8 Å². The normalized spacial score (nSPS) is 11.9. The summed E-state index contributed by atoms with van der Waals surface area (Å²) in [6.45, 7) is 2.70. The number of nitrogens with one attached hydrogen (secondary N) is 1. The molecule has 0 bridgehead atoms. The number of methoxy groups -OCH3 is 1. The Morgan fingerprint density at radius 1 is 0.929 bits per heavy atom. The number of carbonyl (C=O) groups excluding carboxylic acids is 2. The molecule has 1 N–H and O–H groups in total. The number of ether oxygens (including phenoxy) is 1. The highest BCUT2D eigenvalue weighted by Crippen LogP contribution is 2.23. The topological polar surface area (TPSA) is 96.0 Å². The molecular formula is C32H40FN3O5S. The van der Waals surface area contributed by atoms with Gasteiger partial charge in [-0.3, -0.25) is 13.9 Å². The number of unbranched alkanes of at least 4 members (excludes halogenated alkanes) is 1. The van der Waals surface area contributed by atoms with Gasteiger partial charge in [0.15, 0.2) is 0 Å². The fourth-order valence-corrected chi connectivity index (χ4v) is 5.56. The van der Waals surface area contributed by atoms with Crippen molar-refractivity contribution in [3.8, 4) is 5.75 Å². The van der Waals surface area contributed by atoms with Crippen LogP contribution in [0.2, 0.25) is 0 Å². The molecule has 3 aromatic rings. The van der Waals surface area contributed by atoms with E-state index in [9.17, 15) is 22.4 Å². The summed E-state index contributed by atoms with van der Waals surface area (Å²) in [5.41, 5.74) is 2.04. The largest absolute Gasteiger partial charge is 0.497 e. The van der Waals surface area contributed by atoms with Gasteiger partial charge < -0.3 is 15.0 Å². The fraction of sp³-hybridized carbons (Fsp3) is 0.375. The van der Waals surface area contributed by atoms with Gasteiger partial charge in [0.1, 0.15) is 17.6 Å². The molecule has 0 aromatic heterocycles. The molecule has 0 radical (unpaired) electrons. The van der Waals surface area contributed by atoms with Crippen molar-refractivity contribution in [2.45, 2.75) is 51.6 Å². The second-order valence-corrected chi connectivity index (χ2v) is 12.0. The summed E-state index contributed by atoms with van der Waals surface area (Å²) in [6, 6.07) is 21.1. The van der Waals surface area contributed by atoms with Crippen LogP contribution in [0, 0.1) is 5.82 Å². The van der Waals surface area contributed by atoms with Crippen molar-refractivity contribution in [3.63, 3.8) is 0 Å². The standard InChI is InChI=1S/C32H40FN3O5S/c1-4-5-21-34-32(38)30(23-25-10-7-6-8-11-25)35(24-26-13-15-27(33)16-14-26)31(37)12-9-22-36(42(3,39)40)28-17-19-29(41-2)20-18-28/h6-8,10-11,13-20,30H,4-5,9,12,21-24H2,1-3H3,(H,34,38)/t30-/m1/s1. The van der Waals surface area contributed by atoms with E-state index in [1.54, 1.807) is 36.4 Å². The van der Waals surface area contributed by atoms with Crippen molar-refractivity contribution in [1.82, 2.24) is 10.2 Å². The van der Waals surface area contributed by atoms with E-state index in [4.69, 9.17) is 4.74 Å². The quantitative estimate of drug-likeness (QED) is 0.236. The Balaban J connectivity index is 1.85. The Kier molecular flexibility index (Phi) is 12.3. The number of sulfonamides is 1. The predicted octanol–water partition coefficient (Wildman–Crippen LogP) is 4.94. The summed E-state index contributed by atoms with van der Waals surface area (Å²) in [5.74, 6) is -0.359. The van der Waals surface area contributed by atoms with E-state index in [1.807, 2.05) is 37.3 Å². The van der Waals surface area contributed by atoms with Crippen molar-refractivity contribution in [2.24, 2.45) is 0 Å². The maximum Gasteiger partial charge on any atom is 0.243 e. The molecule has 226 valence electrons. The first-order valence-corrected chi connectivity index (χ1v) is 15.9. The number of benzene rings is 3. The molecule has 0 aliphatic carbocycles. The molecule has 0 saturated carbocycles. The van der Waals surface area contributed by atoms with Crippen LogP contribution in [0.1, 0.15) is 43.7 Å². The molecule has 2 amide bonds. The molecule has 0 aliphatic heterocycles. The number of hydrogen-bond acceptors (Lipinski definition) is 5. The Bertz CT molecular complexity index is 1380. The van der Waals surface area contributed by atoms with Crippen LogP contribution in [0.4, 0.5) is 10.1 Å². The Labute approximate surface area is 248 Å². The van der Waals surface area contributed by atoms with Crippen molar-refractivity contribution in [2.75, 3.05) is 30.8 Å². The monoisotopic (exact) mass is 597 g/mol. The molecule has 1 atom stereocenters. The molecule has 0 fully saturated rings. The molecule has 0 heterocycles. The third-order valence-corrected chi connectivity index (χ3v) is 8.07. The lowest BCUT2D eigenvalue weighted by Gasteiger charge is -2.32. The molecule has 0 spiro atoms. The average Bonchev–Trinajstić information content (AvgIpc) is 2.98. The number of nitrogens with zero attached hydrogens (tertiary/aromatic N) is 2. The molecule has 8 nitrogen and oxygen atoms in total. The van der Waals surface area contributed by atoms with Gasteiger partial charge in [-0.15, -0.1) is 0 Å². The van der Waals surface area contributed by atoms with E-state index in [0.717, 1.165) is 24.7 Å².